The number of piperidine rings is 1. The fraction of sp³-hybridized carbons (Fsp3) is 0.581. The van der Waals surface area contributed by atoms with Crippen LogP contribution in [0.1, 0.15) is 52.0 Å². The van der Waals surface area contributed by atoms with Gasteiger partial charge in [-0.25, -0.2) is 0 Å². The first-order chi connectivity index (χ1) is 18.8. The molecule has 0 N–H and O–H groups in total. The van der Waals surface area contributed by atoms with E-state index in [9.17, 15) is 13.2 Å². The summed E-state index contributed by atoms with van der Waals surface area (Å²) >= 11 is 0. The molecular weight excluding hydrogens is 514 g/mol. The van der Waals surface area contributed by atoms with Gasteiger partial charge in [0.05, 0.1) is 37.2 Å². The lowest BCUT2D eigenvalue weighted by molar-refractivity contribution is -0.145. The van der Waals surface area contributed by atoms with E-state index in [-0.39, 0.29) is 34.7 Å². The second-order valence-corrected chi connectivity index (χ2v) is 12.8. The van der Waals surface area contributed by atoms with Gasteiger partial charge in [0.1, 0.15) is 0 Å². The first kappa shape index (κ1) is 29.7. The Bertz CT molecular complexity index is 1140. The van der Waals surface area contributed by atoms with E-state index >= 15 is 0 Å². The molecule has 214 valence electrons. The molecule has 1 aliphatic heterocycles. The van der Waals surface area contributed by atoms with E-state index in [1.807, 2.05) is 37.3 Å². The third-order valence-corrected chi connectivity index (χ3v) is 9.72. The van der Waals surface area contributed by atoms with Gasteiger partial charge in [-0.05, 0) is 61.6 Å². The molecule has 8 heteroatoms. The molecule has 0 amide bonds. The molecule has 6 atom stereocenters. The summed E-state index contributed by atoms with van der Waals surface area (Å²) in [5.74, 6) is 0.687. The first-order valence-corrected chi connectivity index (χ1v) is 15.7. The van der Waals surface area contributed by atoms with E-state index in [1.54, 1.807) is 30.3 Å². The number of hydrogen-bond donors (Lipinski definition) is 0. The summed E-state index contributed by atoms with van der Waals surface area (Å²) < 4.78 is 43.8. The molecule has 0 spiro atoms. The highest BCUT2D eigenvalue weighted by atomic mass is 32.2. The number of hydrogen-bond acceptors (Lipinski definition) is 7. The fourth-order valence-corrected chi connectivity index (χ4v) is 7.28. The van der Waals surface area contributed by atoms with Crippen molar-refractivity contribution in [3.8, 4) is 0 Å². The van der Waals surface area contributed by atoms with Gasteiger partial charge in [0, 0.05) is 25.0 Å². The molecule has 2 fully saturated rings. The van der Waals surface area contributed by atoms with E-state index in [1.165, 1.54) is 0 Å². The minimum absolute atomic E-state index is 0.0104. The van der Waals surface area contributed by atoms with Crippen molar-refractivity contribution in [1.82, 2.24) is 4.90 Å². The lowest BCUT2D eigenvalue weighted by atomic mass is 9.87. The smallest absolute Gasteiger partial charge is 0.307 e. The normalized spacial score (nSPS) is 27.9. The maximum atomic E-state index is 13.2. The van der Waals surface area contributed by atoms with Crippen molar-refractivity contribution in [3.05, 3.63) is 66.2 Å². The molecule has 1 saturated carbocycles. The molecule has 1 heterocycles. The maximum Gasteiger partial charge on any atom is 0.307 e. The average Bonchev–Trinajstić information content (AvgIpc) is 3.20. The number of nitrogens with zero attached hydrogens (tertiary/aromatic N) is 1. The van der Waals surface area contributed by atoms with E-state index in [0.29, 0.717) is 45.1 Å². The van der Waals surface area contributed by atoms with Gasteiger partial charge < -0.3 is 9.47 Å². The van der Waals surface area contributed by atoms with Crippen LogP contribution in [0.15, 0.2) is 65.6 Å². The topological polar surface area (TPSA) is 82.1 Å². The zero-order chi connectivity index (χ0) is 27.8. The van der Waals surface area contributed by atoms with E-state index in [2.05, 4.69) is 18.7 Å². The molecule has 4 rings (SSSR count). The Morgan fingerprint density at radius 2 is 1.69 bits per heavy atom. The van der Waals surface area contributed by atoms with Crippen molar-refractivity contribution in [2.24, 2.45) is 23.7 Å². The summed E-state index contributed by atoms with van der Waals surface area (Å²) in [6, 6.07) is 18.5. The van der Waals surface area contributed by atoms with Gasteiger partial charge >= 0.3 is 5.97 Å². The van der Waals surface area contributed by atoms with Gasteiger partial charge in [-0.1, -0.05) is 62.4 Å². The third-order valence-electron chi connectivity index (χ3n) is 8.37. The van der Waals surface area contributed by atoms with Crippen LogP contribution in [0, 0.1) is 23.7 Å². The summed E-state index contributed by atoms with van der Waals surface area (Å²) in [7, 11) is -3.91. The van der Waals surface area contributed by atoms with E-state index in [4.69, 9.17) is 13.7 Å². The molecule has 2 aliphatic rings. The average molecular weight is 558 g/mol. The Morgan fingerprint density at radius 3 is 2.38 bits per heavy atom. The molecule has 1 saturated heterocycles. The highest BCUT2D eigenvalue weighted by Crippen LogP contribution is 2.42. The molecule has 2 aromatic carbocycles. The molecule has 2 aromatic rings. The molecule has 39 heavy (non-hydrogen) atoms. The summed E-state index contributed by atoms with van der Waals surface area (Å²) in [5, 5.41) is 0. The molecule has 7 nitrogen and oxygen atoms in total. The zero-order valence-electron chi connectivity index (χ0n) is 23.4. The highest BCUT2D eigenvalue weighted by Gasteiger charge is 2.45. The fourth-order valence-electron chi connectivity index (χ4n) is 6.14. The highest BCUT2D eigenvalue weighted by molar-refractivity contribution is 7.86. The molecular formula is C31H43NO6S. The molecule has 0 bridgehead atoms. The van der Waals surface area contributed by atoms with Crippen LogP contribution in [-0.4, -0.2) is 57.7 Å². The standard InChI is InChI=1S/C31H43NO6S/c1-4-37-31(33)18-27-16-15-23(2)19-32(27)20-29-24(3)26(22-36-21-25-11-7-5-8-12-25)17-30(29)38-39(34,35)28-13-9-6-10-14-28/h5-14,23-24,26-27,29-30H,4,15-22H2,1-3H3/t23-,24+,26+,27+,29-,30-/m0/s1. The number of carbonyl (C=O) groups excluding carboxylic acids is 1. The van der Waals surface area contributed by atoms with E-state index < -0.39 is 16.2 Å². The monoisotopic (exact) mass is 557 g/mol. The summed E-state index contributed by atoms with van der Waals surface area (Å²) in [6.45, 7) is 9.25. The Morgan fingerprint density at radius 1 is 1.00 bits per heavy atom. The van der Waals surface area contributed by atoms with Gasteiger partial charge in [0.15, 0.2) is 0 Å². The summed E-state index contributed by atoms with van der Waals surface area (Å²) in [5.41, 5.74) is 1.11. The Labute approximate surface area is 234 Å². The number of rotatable bonds is 12. The minimum atomic E-state index is -3.91. The lowest BCUT2D eigenvalue weighted by Gasteiger charge is -2.41. The molecule has 0 radical (unpaired) electrons. The predicted octanol–water partition coefficient (Wildman–Crippen LogP) is 5.30. The van der Waals surface area contributed by atoms with Gasteiger partial charge in [0.25, 0.3) is 10.1 Å². The SMILES string of the molecule is CCOC(=O)C[C@H]1CC[C@H](C)CN1C[C@H]1[C@H](C)[C@@H](COCc2ccccc2)C[C@@H]1OS(=O)(=O)c1ccccc1. The van der Waals surface area contributed by atoms with Crippen molar-refractivity contribution in [2.75, 3.05) is 26.3 Å². The van der Waals surface area contributed by atoms with Crippen LogP contribution in [0.5, 0.6) is 0 Å². The minimum Gasteiger partial charge on any atom is -0.466 e. The number of likely N-dealkylation sites (tertiary alicyclic amines) is 1. The number of ether oxygens (including phenoxy) is 2. The van der Waals surface area contributed by atoms with Crippen LogP contribution in [0.25, 0.3) is 0 Å². The predicted molar refractivity (Wildman–Crippen MR) is 150 cm³/mol. The van der Waals surface area contributed by atoms with Crippen molar-refractivity contribution in [3.63, 3.8) is 0 Å². The van der Waals surface area contributed by atoms with Gasteiger partial charge in [0.2, 0.25) is 0 Å². The first-order valence-electron chi connectivity index (χ1n) is 14.3. The number of benzene rings is 2. The Kier molecular flexibility index (Phi) is 10.6. The number of esters is 1. The van der Waals surface area contributed by atoms with Crippen LogP contribution in [0.4, 0.5) is 0 Å². The zero-order valence-corrected chi connectivity index (χ0v) is 24.2. The molecule has 1 aliphatic carbocycles. The third kappa shape index (κ3) is 8.13. The Balaban J connectivity index is 1.50. The van der Waals surface area contributed by atoms with Gasteiger partial charge in [-0.2, -0.15) is 8.42 Å². The quantitative estimate of drug-likeness (QED) is 0.259. The van der Waals surface area contributed by atoms with Crippen LogP contribution in [-0.2, 0) is 35.2 Å². The van der Waals surface area contributed by atoms with Crippen LogP contribution in [0.2, 0.25) is 0 Å². The largest absolute Gasteiger partial charge is 0.466 e. The van der Waals surface area contributed by atoms with Gasteiger partial charge in [-0.3, -0.25) is 13.9 Å². The Hall–Kier alpha value is -2.26. The number of carbonyl (C=O) groups is 1. The van der Waals surface area contributed by atoms with Crippen molar-refractivity contribution in [2.45, 2.75) is 70.1 Å². The second-order valence-electron chi connectivity index (χ2n) is 11.2. The summed E-state index contributed by atoms with van der Waals surface area (Å²) in [4.78, 5) is 14.9. The lowest BCUT2D eigenvalue weighted by Crippen LogP contribution is -2.48. The second kappa shape index (κ2) is 13.9. The van der Waals surface area contributed by atoms with Gasteiger partial charge in [-0.15, -0.1) is 0 Å². The molecule has 0 aromatic heterocycles. The molecule has 0 unspecified atom stereocenters. The summed E-state index contributed by atoms with van der Waals surface area (Å²) in [6.07, 6.45) is 2.51. The maximum absolute atomic E-state index is 13.2. The van der Waals surface area contributed by atoms with Crippen molar-refractivity contribution < 1.29 is 26.9 Å². The van der Waals surface area contributed by atoms with Crippen molar-refractivity contribution >= 4 is 16.1 Å². The van der Waals surface area contributed by atoms with E-state index in [0.717, 1.165) is 24.9 Å². The van der Waals surface area contributed by atoms with Crippen LogP contribution in [0.3, 0.4) is 0 Å². The van der Waals surface area contributed by atoms with Crippen LogP contribution >= 0.6 is 0 Å². The van der Waals surface area contributed by atoms with Crippen LogP contribution < -0.4 is 0 Å². The van der Waals surface area contributed by atoms with Crippen molar-refractivity contribution in [1.29, 1.82) is 0 Å².